The van der Waals surface area contributed by atoms with Crippen LogP contribution in [-0.2, 0) is 6.54 Å². The highest BCUT2D eigenvalue weighted by Gasteiger charge is 2.17. The van der Waals surface area contributed by atoms with E-state index in [1.165, 1.54) is 28.8 Å². The smallest absolute Gasteiger partial charge is 0.121 e. The van der Waals surface area contributed by atoms with Crippen LogP contribution in [0, 0.1) is 0 Å². The zero-order valence-corrected chi connectivity index (χ0v) is 16.3. The van der Waals surface area contributed by atoms with Gasteiger partial charge in [-0.25, -0.2) is 4.98 Å². The molecule has 0 spiro atoms. The Balaban J connectivity index is 1.73. The first-order chi connectivity index (χ1) is 12.7. The number of rotatable bonds is 4. The molecular weight excluding hydrogens is 342 g/mol. The van der Waals surface area contributed by atoms with Crippen molar-refractivity contribution >= 4 is 22.2 Å². The summed E-state index contributed by atoms with van der Waals surface area (Å²) in [5.41, 5.74) is 3.42. The van der Waals surface area contributed by atoms with Crippen LogP contribution < -0.4 is 4.74 Å². The predicted molar refractivity (Wildman–Crippen MR) is 109 cm³/mol. The maximum atomic E-state index is 5.38. The number of benzene rings is 1. The lowest BCUT2D eigenvalue weighted by Gasteiger charge is -2.21. The summed E-state index contributed by atoms with van der Waals surface area (Å²) in [4.78, 5) is 11.2. The molecule has 5 heteroatoms. The molecule has 4 nitrogen and oxygen atoms in total. The van der Waals surface area contributed by atoms with Crippen LogP contribution in [0.4, 0.5) is 0 Å². The minimum Gasteiger partial charge on any atom is -0.497 e. The molecule has 0 unspecified atom stereocenters. The van der Waals surface area contributed by atoms with Gasteiger partial charge in [0.25, 0.3) is 0 Å². The molecule has 0 bridgehead atoms. The van der Waals surface area contributed by atoms with Gasteiger partial charge in [0.15, 0.2) is 0 Å². The van der Waals surface area contributed by atoms with Crippen molar-refractivity contribution in [3.05, 3.63) is 47.3 Å². The van der Waals surface area contributed by atoms with Gasteiger partial charge >= 0.3 is 0 Å². The number of hydrogen-bond donors (Lipinski definition) is 0. The van der Waals surface area contributed by atoms with E-state index >= 15 is 0 Å². The van der Waals surface area contributed by atoms with E-state index in [0.29, 0.717) is 0 Å². The third-order valence-corrected chi connectivity index (χ3v) is 5.94. The molecule has 0 N–H and O–H groups in total. The summed E-state index contributed by atoms with van der Waals surface area (Å²) >= 11 is 1.75. The highest BCUT2D eigenvalue weighted by atomic mass is 32.1. The molecule has 0 amide bonds. The SMILES string of the molecule is COc1ccc2cc(CN3CCCN(C)CC3)c(-c3cccs3)nc2c1. The van der Waals surface area contributed by atoms with Gasteiger partial charge in [-0.05, 0) is 61.8 Å². The fraction of sp³-hybridized carbons (Fsp3) is 0.381. The van der Waals surface area contributed by atoms with E-state index in [1.54, 1.807) is 18.4 Å². The third-order valence-electron chi connectivity index (χ3n) is 5.06. The summed E-state index contributed by atoms with van der Waals surface area (Å²) in [6.07, 6.45) is 1.23. The van der Waals surface area contributed by atoms with Gasteiger partial charge in [0, 0.05) is 31.1 Å². The molecule has 1 aromatic carbocycles. The number of methoxy groups -OCH3 is 1. The Labute approximate surface area is 159 Å². The second kappa shape index (κ2) is 7.74. The molecule has 3 heterocycles. The van der Waals surface area contributed by atoms with Crippen molar-refractivity contribution in [2.24, 2.45) is 0 Å². The Morgan fingerprint density at radius 2 is 2.04 bits per heavy atom. The molecule has 1 saturated heterocycles. The molecular formula is C21H25N3OS. The molecule has 26 heavy (non-hydrogen) atoms. The van der Waals surface area contributed by atoms with Gasteiger partial charge in [0.1, 0.15) is 5.75 Å². The molecule has 0 aliphatic carbocycles. The van der Waals surface area contributed by atoms with Gasteiger partial charge in [-0.2, -0.15) is 0 Å². The minimum atomic E-state index is 0.852. The maximum absolute atomic E-state index is 5.38. The highest BCUT2D eigenvalue weighted by Crippen LogP contribution is 2.31. The van der Waals surface area contributed by atoms with Crippen molar-refractivity contribution in [2.75, 3.05) is 40.3 Å². The predicted octanol–water partition coefficient (Wildman–Crippen LogP) is 4.11. The van der Waals surface area contributed by atoms with Crippen molar-refractivity contribution < 1.29 is 4.74 Å². The Morgan fingerprint density at radius 3 is 2.85 bits per heavy atom. The second-order valence-corrected chi connectivity index (χ2v) is 7.91. The van der Waals surface area contributed by atoms with Crippen LogP contribution >= 0.6 is 11.3 Å². The van der Waals surface area contributed by atoms with E-state index < -0.39 is 0 Å². The van der Waals surface area contributed by atoms with E-state index in [-0.39, 0.29) is 0 Å². The van der Waals surface area contributed by atoms with Crippen LogP contribution in [-0.4, -0.2) is 55.1 Å². The van der Waals surface area contributed by atoms with Crippen molar-refractivity contribution in [3.8, 4) is 16.3 Å². The third kappa shape index (κ3) is 3.75. The van der Waals surface area contributed by atoms with Crippen LogP contribution in [0.25, 0.3) is 21.5 Å². The molecule has 1 aliphatic heterocycles. The van der Waals surface area contributed by atoms with E-state index in [4.69, 9.17) is 9.72 Å². The fourth-order valence-corrected chi connectivity index (χ4v) is 4.31. The topological polar surface area (TPSA) is 28.6 Å². The van der Waals surface area contributed by atoms with Crippen LogP contribution in [0.1, 0.15) is 12.0 Å². The summed E-state index contributed by atoms with van der Waals surface area (Å²) in [5.74, 6) is 0.852. The highest BCUT2D eigenvalue weighted by molar-refractivity contribution is 7.13. The van der Waals surface area contributed by atoms with Crippen molar-refractivity contribution in [3.63, 3.8) is 0 Å². The standard InChI is InChI=1S/C21H25N3OS/c1-23-8-4-9-24(11-10-23)15-17-13-16-6-7-18(25-2)14-19(16)22-21(17)20-5-3-12-26-20/h3,5-7,12-14H,4,8-11,15H2,1-2H3. The van der Waals surface area contributed by atoms with Gasteiger partial charge in [-0.15, -0.1) is 11.3 Å². The van der Waals surface area contributed by atoms with E-state index in [0.717, 1.165) is 43.1 Å². The van der Waals surface area contributed by atoms with Crippen LogP contribution in [0.2, 0.25) is 0 Å². The van der Waals surface area contributed by atoms with E-state index in [2.05, 4.69) is 46.5 Å². The van der Waals surface area contributed by atoms with E-state index in [1.807, 2.05) is 12.1 Å². The summed E-state index contributed by atoms with van der Waals surface area (Å²) in [6.45, 7) is 5.53. The molecule has 0 radical (unpaired) electrons. The summed E-state index contributed by atoms with van der Waals surface area (Å²) in [5, 5.41) is 3.30. The molecule has 1 aliphatic rings. The second-order valence-electron chi connectivity index (χ2n) is 6.97. The fourth-order valence-electron chi connectivity index (χ4n) is 3.56. The maximum Gasteiger partial charge on any atom is 0.121 e. The minimum absolute atomic E-state index is 0.852. The molecule has 1 fully saturated rings. The zero-order chi connectivity index (χ0) is 17.9. The molecule has 0 saturated carbocycles. The average molecular weight is 368 g/mol. The summed E-state index contributed by atoms with van der Waals surface area (Å²) in [6, 6.07) is 12.7. The Hall–Kier alpha value is -1.95. The normalized spacial score (nSPS) is 16.7. The number of ether oxygens (including phenoxy) is 1. The number of nitrogens with zero attached hydrogens (tertiary/aromatic N) is 3. The molecule has 136 valence electrons. The number of pyridine rings is 1. The summed E-state index contributed by atoms with van der Waals surface area (Å²) in [7, 11) is 3.91. The number of aromatic nitrogens is 1. The molecule has 2 aromatic heterocycles. The quantitative estimate of drug-likeness (QED) is 0.694. The van der Waals surface area contributed by atoms with E-state index in [9.17, 15) is 0 Å². The van der Waals surface area contributed by atoms with Crippen LogP contribution in [0.5, 0.6) is 5.75 Å². The Morgan fingerprint density at radius 1 is 1.12 bits per heavy atom. The Bertz CT molecular complexity index is 878. The first-order valence-electron chi connectivity index (χ1n) is 9.15. The first kappa shape index (κ1) is 17.5. The lowest BCUT2D eigenvalue weighted by Crippen LogP contribution is -2.28. The monoisotopic (exact) mass is 367 g/mol. The Kier molecular flexibility index (Phi) is 5.20. The first-order valence-corrected chi connectivity index (χ1v) is 10.0. The van der Waals surface area contributed by atoms with Crippen LogP contribution in [0.3, 0.4) is 0 Å². The lowest BCUT2D eigenvalue weighted by molar-refractivity contribution is 0.269. The number of hydrogen-bond acceptors (Lipinski definition) is 5. The molecule has 4 rings (SSSR count). The van der Waals surface area contributed by atoms with Crippen molar-refractivity contribution in [2.45, 2.75) is 13.0 Å². The van der Waals surface area contributed by atoms with Gasteiger partial charge in [0.05, 0.1) is 23.2 Å². The zero-order valence-electron chi connectivity index (χ0n) is 15.4. The average Bonchev–Trinajstić information content (AvgIpc) is 3.11. The van der Waals surface area contributed by atoms with Crippen molar-refractivity contribution in [1.82, 2.24) is 14.8 Å². The van der Waals surface area contributed by atoms with Gasteiger partial charge in [0.2, 0.25) is 0 Å². The van der Waals surface area contributed by atoms with Crippen molar-refractivity contribution in [1.29, 1.82) is 0 Å². The van der Waals surface area contributed by atoms with Crippen LogP contribution in [0.15, 0.2) is 41.8 Å². The summed E-state index contributed by atoms with van der Waals surface area (Å²) < 4.78 is 5.38. The van der Waals surface area contributed by atoms with Gasteiger partial charge < -0.3 is 9.64 Å². The molecule has 3 aromatic rings. The van der Waals surface area contributed by atoms with Gasteiger partial charge in [-0.1, -0.05) is 6.07 Å². The number of likely N-dealkylation sites (N-methyl/N-ethyl adjacent to an activating group) is 1. The largest absolute Gasteiger partial charge is 0.497 e. The van der Waals surface area contributed by atoms with Gasteiger partial charge in [-0.3, -0.25) is 4.90 Å². The molecule has 0 atom stereocenters. The lowest BCUT2D eigenvalue weighted by atomic mass is 10.1. The number of thiophene rings is 1. The number of fused-ring (bicyclic) bond motifs is 1.